The number of nitro benzene ring substituents is 1. The van der Waals surface area contributed by atoms with Gasteiger partial charge in [-0.1, -0.05) is 6.07 Å². The van der Waals surface area contributed by atoms with Gasteiger partial charge >= 0.3 is 5.97 Å². The van der Waals surface area contributed by atoms with Gasteiger partial charge in [0.1, 0.15) is 11.8 Å². The lowest BCUT2D eigenvalue weighted by Gasteiger charge is -2.02. The summed E-state index contributed by atoms with van der Waals surface area (Å²) in [5, 5.41) is 10.7. The number of nitro groups is 1. The fraction of sp³-hybridized carbons (Fsp3) is 0.200. The van der Waals surface area contributed by atoms with E-state index in [0.29, 0.717) is 11.8 Å². The molecule has 0 atom stereocenters. The van der Waals surface area contributed by atoms with E-state index < -0.39 is 10.9 Å². The third-order valence-corrected chi connectivity index (χ3v) is 1.98. The number of rotatable bonds is 4. The Kier molecular flexibility index (Phi) is 3.71. The molecule has 1 rings (SSSR count). The maximum absolute atomic E-state index is 11.2. The quantitative estimate of drug-likeness (QED) is 0.330. The molecule has 0 saturated heterocycles. The first-order valence-corrected chi connectivity index (χ1v) is 4.39. The Morgan fingerprint density at radius 2 is 2.25 bits per heavy atom. The number of ether oxygens (including phenoxy) is 1. The average molecular weight is 223 g/mol. The molecule has 84 valence electrons. The van der Waals surface area contributed by atoms with Crippen LogP contribution in [0.5, 0.6) is 0 Å². The number of benzene rings is 1. The molecule has 0 bridgehead atoms. The van der Waals surface area contributed by atoms with E-state index in [-0.39, 0.29) is 17.7 Å². The number of aldehydes is 1. The van der Waals surface area contributed by atoms with Crippen molar-refractivity contribution in [3.63, 3.8) is 0 Å². The van der Waals surface area contributed by atoms with Crippen LogP contribution in [-0.2, 0) is 16.0 Å². The second kappa shape index (κ2) is 5.01. The van der Waals surface area contributed by atoms with Crippen LogP contribution < -0.4 is 0 Å². The third kappa shape index (κ3) is 2.41. The van der Waals surface area contributed by atoms with Crippen LogP contribution in [0.4, 0.5) is 5.69 Å². The van der Waals surface area contributed by atoms with Crippen molar-refractivity contribution in [2.75, 3.05) is 7.11 Å². The van der Waals surface area contributed by atoms with E-state index in [4.69, 9.17) is 0 Å². The molecule has 0 aliphatic rings. The largest absolute Gasteiger partial charge is 0.465 e. The molecule has 0 aromatic heterocycles. The molecular formula is C10H9NO5. The Labute approximate surface area is 91.0 Å². The lowest BCUT2D eigenvalue weighted by Crippen LogP contribution is -2.06. The summed E-state index contributed by atoms with van der Waals surface area (Å²) in [5.74, 6) is -0.774. The minimum absolute atomic E-state index is 0.0717. The van der Waals surface area contributed by atoms with Crippen molar-refractivity contribution in [3.8, 4) is 0 Å². The predicted molar refractivity (Wildman–Crippen MR) is 54.2 cm³/mol. The Bertz CT molecular complexity index is 441. The van der Waals surface area contributed by atoms with E-state index in [2.05, 4.69) is 4.74 Å². The SMILES string of the molecule is COC(=O)c1ccc(CC=O)cc1[N+](=O)[O-]. The van der Waals surface area contributed by atoms with Gasteiger partial charge in [0, 0.05) is 12.5 Å². The van der Waals surface area contributed by atoms with E-state index >= 15 is 0 Å². The van der Waals surface area contributed by atoms with Crippen LogP contribution in [0.25, 0.3) is 0 Å². The van der Waals surface area contributed by atoms with E-state index in [9.17, 15) is 19.7 Å². The van der Waals surface area contributed by atoms with Gasteiger partial charge in [-0.2, -0.15) is 0 Å². The molecular weight excluding hydrogens is 214 g/mol. The van der Waals surface area contributed by atoms with Crippen LogP contribution in [0.1, 0.15) is 15.9 Å². The molecule has 6 nitrogen and oxygen atoms in total. The molecule has 0 saturated carbocycles. The Balaban J connectivity index is 3.24. The maximum Gasteiger partial charge on any atom is 0.344 e. The highest BCUT2D eigenvalue weighted by atomic mass is 16.6. The van der Waals surface area contributed by atoms with Gasteiger partial charge in [-0.25, -0.2) is 4.79 Å². The molecule has 6 heteroatoms. The molecule has 0 N–H and O–H groups in total. The highest BCUT2D eigenvalue weighted by Crippen LogP contribution is 2.21. The third-order valence-electron chi connectivity index (χ3n) is 1.98. The highest BCUT2D eigenvalue weighted by molar-refractivity contribution is 5.94. The summed E-state index contributed by atoms with van der Waals surface area (Å²) in [5.41, 5.74) is 0.00250. The van der Waals surface area contributed by atoms with Crippen molar-refractivity contribution in [1.82, 2.24) is 0 Å². The lowest BCUT2D eigenvalue weighted by molar-refractivity contribution is -0.385. The van der Waals surface area contributed by atoms with Crippen LogP contribution in [0, 0.1) is 10.1 Å². The zero-order valence-corrected chi connectivity index (χ0v) is 8.50. The molecule has 1 aromatic rings. The second-order valence-electron chi connectivity index (χ2n) is 2.97. The van der Waals surface area contributed by atoms with Gasteiger partial charge < -0.3 is 9.53 Å². The van der Waals surface area contributed by atoms with Crippen molar-refractivity contribution in [2.45, 2.75) is 6.42 Å². The van der Waals surface area contributed by atoms with E-state index in [1.54, 1.807) is 0 Å². The molecule has 0 aliphatic heterocycles. The first-order valence-electron chi connectivity index (χ1n) is 4.39. The Hall–Kier alpha value is -2.24. The summed E-state index contributed by atoms with van der Waals surface area (Å²) >= 11 is 0. The van der Waals surface area contributed by atoms with E-state index in [1.165, 1.54) is 18.2 Å². The van der Waals surface area contributed by atoms with Crippen molar-refractivity contribution >= 4 is 17.9 Å². The van der Waals surface area contributed by atoms with Gasteiger partial charge in [0.2, 0.25) is 0 Å². The molecule has 0 spiro atoms. The number of methoxy groups -OCH3 is 1. The molecule has 0 heterocycles. The second-order valence-corrected chi connectivity index (χ2v) is 2.97. The predicted octanol–water partition coefficient (Wildman–Crippen LogP) is 1.12. The van der Waals surface area contributed by atoms with Crippen molar-refractivity contribution < 1.29 is 19.2 Å². The zero-order valence-electron chi connectivity index (χ0n) is 8.50. The molecule has 0 amide bonds. The number of hydrogen-bond donors (Lipinski definition) is 0. The standard InChI is InChI=1S/C10H9NO5/c1-16-10(13)8-3-2-7(4-5-12)6-9(8)11(14)15/h2-3,5-6H,4H2,1H3. The number of carbonyl (C=O) groups is 2. The minimum atomic E-state index is -0.774. The summed E-state index contributed by atoms with van der Waals surface area (Å²) in [7, 11) is 1.14. The van der Waals surface area contributed by atoms with Crippen LogP contribution in [-0.4, -0.2) is 24.3 Å². The van der Waals surface area contributed by atoms with Crippen molar-refractivity contribution in [1.29, 1.82) is 0 Å². The van der Waals surface area contributed by atoms with Crippen LogP contribution in [0.3, 0.4) is 0 Å². The van der Waals surface area contributed by atoms with Crippen LogP contribution in [0.15, 0.2) is 18.2 Å². The fourth-order valence-corrected chi connectivity index (χ4v) is 1.23. The summed E-state index contributed by atoms with van der Waals surface area (Å²) < 4.78 is 4.41. The number of esters is 1. The first kappa shape index (κ1) is 11.8. The summed E-state index contributed by atoms with van der Waals surface area (Å²) in [4.78, 5) is 31.5. The van der Waals surface area contributed by atoms with Crippen molar-refractivity contribution in [3.05, 3.63) is 39.4 Å². The summed E-state index contributed by atoms with van der Waals surface area (Å²) in [6, 6.07) is 3.96. The lowest BCUT2D eigenvalue weighted by atomic mass is 10.1. The topological polar surface area (TPSA) is 86.5 Å². The van der Waals surface area contributed by atoms with Gasteiger partial charge in [0.15, 0.2) is 0 Å². The van der Waals surface area contributed by atoms with Gasteiger partial charge in [-0.15, -0.1) is 0 Å². The molecule has 0 aliphatic carbocycles. The number of nitrogens with zero attached hydrogens (tertiary/aromatic N) is 1. The van der Waals surface area contributed by atoms with Gasteiger partial charge in [0.05, 0.1) is 12.0 Å². The van der Waals surface area contributed by atoms with Crippen LogP contribution in [0.2, 0.25) is 0 Å². The normalized spacial score (nSPS) is 9.56. The molecule has 0 fully saturated rings. The fourth-order valence-electron chi connectivity index (χ4n) is 1.23. The van der Waals surface area contributed by atoms with E-state index in [0.717, 1.165) is 7.11 Å². The monoisotopic (exact) mass is 223 g/mol. The number of carbonyl (C=O) groups excluding carboxylic acids is 2. The summed E-state index contributed by atoms with van der Waals surface area (Å²) in [6.07, 6.45) is 0.708. The Morgan fingerprint density at radius 1 is 1.56 bits per heavy atom. The average Bonchev–Trinajstić information content (AvgIpc) is 2.28. The molecule has 1 aromatic carbocycles. The zero-order chi connectivity index (χ0) is 12.1. The van der Waals surface area contributed by atoms with Gasteiger partial charge in [-0.05, 0) is 11.6 Å². The van der Waals surface area contributed by atoms with Gasteiger partial charge in [-0.3, -0.25) is 10.1 Å². The summed E-state index contributed by atoms with van der Waals surface area (Å²) in [6.45, 7) is 0. The maximum atomic E-state index is 11.2. The van der Waals surface area contributed by atoms with E-state index in [1.807, 2.05) is 0 Å². The number of hydrogen-bond acceptors (Lipinski definition) is 5. The minimum Gasteiger partial charge on any atom is -0.465 e. The van der Waals surface area contributed by atoms with Crippen LogP contribution >= 0.6 is 0 Å². The Morgan fingerprint density at radius 3 is 2.75 bits per heavy atom. The molecule has 0 radical (unpaired) electrons. The first-order chi connectivity index (χ1) is 7.60. The van der Waals surface area contributed by atoms with Gasteiger partial charge in [0.25, 0.3) is 5.69 Å². The highest BCUT2D eigenvalue weighted by Gasteiger charge is 2.20. The van der Waals surface area contributed by atoms with Crippen molar-refractivity contribution in [2.24, 2.45) is 0 Å². The smallest absolute Gasteiger partial charge is 0.344 e. The molecule has 16 heavy (non-hydrogen) atoms. The molecule has 0 unspecified atom stereocenters.